The van der Waals surface area contributed by atoms with Gasteiger partial charge < -0.3 is 10.4 Å². The van der Waals surface area contributed by atoms with Gasteiger partial charge in [0.2, 0.25) is 0 Å². The number of para-hydroxylation sites is 2. The maximum atomic E-state index is 12.4. The molecular formula is C43H48N2O. The SMILES string of the molecule is C/C=C\C1=C(C)c2ccccc2C1(C)C1C=C(C)C=C(c2cccc3ccc(CNc4c(C(C)C)cccc4C(C)C)nc23)C1O. The van der Waals surface area contributed by atoms with E-state index >= 15 is 0 Å². The fourth-order valence-corrected chi connectivity index (χ4v) is 7.89. The van der Waals surface area contributed by atoms with E-state index in [1.807, 2.05) is 0 Å². The molecule has 6 rings (SSSR count). The first-order valence-electron chi connectivity index (χ1n) is 16.8. The molecule has 3 nitrogen and oxygen atoms in total. The first-order valence-corrected chi connectivity index (χ1v) is 16.8. The molecule has 2 N–H and O–H groups in total. The quantitative estimate of drug-likeness (QED) is 0.209. The van der Waals surface area contributed by atoms with Crippen molar-refractivity contribution >= 4 is 27.7 Å². The van der Waals surface area contributed by atoms with E-state index in [9.17, 15) is 5.11 Å². The monoisotopic (exact) mass is 608 g/mol. The standard InChI is InChI=1S/C43H48N2O/c1-9-14-37-29(7)34-16-10-11-20-38(34)43(37,8)39-24-28(6)23-36(42(39)46)35-19-12-15-30-21-22-31(45-40(30)35)25-44-41-32(26(2)3)17-13-18-33(41)27(4)5/h9-24,26-27,39,42,44,46H,25H2,1-8H3/b14-9-. The third-order valence-electron chi connectivity index (χ3n) is 10.2. The Morgan fingerprint density at radius 2 is 1.54 bits per heavy atom. The van der Waals surface area contributed by atoms with Crippen molar-refractivity contribution < 1.29 is 5.11 Å². The van der Waals surface area contributed by atoms with Gasteiger partial charge in [0.25, 0.3) is 0 Å². The van der Waals surface area contributed by atoms with Crippen molar-refractivity contribution in [2.45, 2.75) is 85.3 Å². The van der Waals surface area contributed by atoms with Gasteiger partial charge in [-0.2, -0.15) is 0 Å². The van der Waals surface area contributed by atoms with Crippen molar-refractivity contribution in [1.82, 2.24) is 4.98 Å². The fourth-order valence-electron chi connectivity index (χ4n) is 7.89. The zero-order valence-corrected chi connectivity index (χ0v) is 28.6. The predicted molar refractivity (Wildman–Crippen MR) is 196 cm³/mol. The predicted octanol–water partition coefficient (Wildman–Crippen LogP) is 10.7. The molecule has 3 atom stereocenters. The molecule has 3 unspecified atom stereocenters. The molecule has 0 spiro atoms. The molecule has 0 radical (unpaired) electrons. The Kier molecular flexibility index (Phi) is 8.65. The van der Waals surface area contributed by atoms with Gasteiger partial charge in [-0.05, 0) is 77.6 Å². The van der Waals surface area contributed by atoms with Crippen LogP contribution < -0.4 is 5.32 Å². The van der Waals surface area contributed by atoms with E-state index in [0.717, 1.165) is 33.3 Å². The van der Waals surface area contributed by atoms with Crippen molar-refractivity contribution in [1.29, 1.82) is 0 Å². The highest BCUT2D eigenvalue weighted by Crippen LogP contribution is 2.54. The van der Waals surface area contributed by atoms with Crippen LogP contribution in [0.5, 0.6) is 0 Å². The number of hydrogen-bond donors (Lipinski definition) is 2. The zero-order chi connectivity index (χ0) is 32.7. The van der Waals surface area contributed by atoms with E-state index in [1.54, 1.807) is 0 Å². The highest BCUT2D eigenvalue weighted by Gasteiger charge is 2.48. The van der Waals surface area contributed by atoms with Gasteiger partial charge >= 0.3 is 0 Å². The Morgan fingerprint density at radius 3 is 2.24 bits per heavy atom. The van der Waals surface area contributed by atoms with Crippen LogP contribution in [-0.2, 0) is 12.0 Å². The van der Waals surface area contributed by atoms with E-state index < -0.39 is 6.10 Å². The number of nitrogens with zero attached hydrogens (tertiary/aromatic N) is 1. The molecule has 0 aliphatic heterocycles. The Bertz CT molecular complexity index is 1890. The minimum absolute atomic E-state index is 0.139. The summed E-state index contributed by atoms with van der Waals surface area (Å²) in [4.78, 5) is 5.25. The molecule has 0 fully saturated rings. The number of fused-ring (bicyclic) bond motifs is 2. The number of rotatable bonds is 8. The molecule has 0 bridgehead atoms. The molecule has 1 aromatic heterocycles. The average molecular weight is 609 g/mol. The van der Waals surface area contributed by atoms with Crippen molar-refractivity contribution in [3.63, 3.8) is 0 Å². The number of benzene rings is 3. The molecule has 236 valence electrons. The third kappa shape index (κ3) is 5.35. The molecule has 2 aliphatic carbocycles. The summed E-state index contributed by atoms with van der Waals surface area (Å²) < 4.78 is 0. The first-order chi connectivity index (χ1) is 22.1. The Balaban J connectivity index is 1.39. The lowest BCUT2D eigenvalue weighted by Crippen LogP contribution is -2.40. The molecule has 0 amide bonds. The van der Waals surface area contributed by atoms with Crippen molar-refractivity contribution in [2.24, 2.45) is 5.92 Å². The highest BCUT2D eigenvalue weighted by atomic mass is 16.3. The van der Waals surface area contributed by atoms with Crippen molar-refractivity contribution in [3.8, 4) is 0 Å². The highest BCUT2D eigenvalue weighted by molar-refractivity contribution is 5.93. The second-order valence-corrected chi connectivity index (χ2v) is 13.9. The van der Waals surface area contributed by atoms with Gasteiger partial charge in [-0.1, -0.05) is 131 Å². The van der Waals surface area contributed by atoms with Gasteiger partial charge in [-0.3, -0.25) is 4.98 Å². The molecule has 46 heavy (non-hydrogen) atoms. The summed E-state index contributed by atoms with van der Waals surface area (Å²) in [6, 6.07) is 26.0. The summed E-state index contributed by atoms with van der Waals surface area (Å²) in [7, 11) is 0. The topological polar surface area (TPSA) is 45.2 Å². The lowest BCUT2D eigenvalue weighted by atomic mass is 9.63. The average Bonchev–Trinajstić information content (AvgIpc) is 3.26. The van der Waals surface area contributed by atoms with Crippen LogP contribution in [0.15, 0.2) is 108 Å². The van der Waals surface area contributed by atoms with Crippen LogP contribution in [-0.4, -0.2) is 16.2 Å². The van der Waals surface area contributed by atoms with Crippen LogP contribution in [0.25, 0.3) is 22.0 Å². The number of pyridine rings is 1. The second kappa shape index (κ2) is 12.5. The number of hydrogen-bond acceptors (Lipinski definition) is 3. The number of aliphatic hydroxyl groups is 1. The van der Waals surface area contributed by atoms with Crippen LogP contribution in [0, 0.1) is 5.92 Å². The summed E-state index contributed by atoms with van der Waals surface area (Å²) in [5.74, 6) is 0.698. The largest absolute Gasteiger partial charge is 0.388 e. The van der Waals surface area contributed by atoms with Crippen LogP contribution >= 0.6 is 0 Å². The number of nitrogens with one attached hydrogen (secondary N) is 1. The smallest absolute Gasteiger partial charge is 0.0871 e. The first kappa shape index (κ1) is 31.8. The van der Waals surface area contributed by atoms with Gasteiger partial charge in [0.15, 0.2) is 0 Å². The normalized spacial score (nSPS) is 21.4. The summed E-state index contributed by atoms with van der Waals surface area (Å²) in [6.07, 6.45) is 8.10. The van der Waals surface area contributed by atoms with Crippen molar-refractivity contribution in [2.75, 3.05) is 5.32 Å². The van der Waals surface area contributed by atoms with E-state index in [4.69, 9.17) is 4.98 Å². The van der Waals surface area contributed by atoms with E-state index in [2.05, 4.69) is 158 Å². The minimum atomic E-state index is -0.700. The summed E-state index contributed by atoms with van der Waals surface area (Å²) in [6.45, 7) is 18.4. The van der Waals surface area contributed by atoms with Crippen molar-refractivity contribution in [3.05, 3.63) is 142 Å². The fraction of sp³-hybridized carbons (Fsp3) is 0.326. The summed E-state index contributed by atoms with van der Waals surface area (Å²) in [5.41, 5.74) is 13.6. The van der Waals surface area contributed by atoms with Gasteiger partial charge in [-0.15, -0.1) is 0 Å². The molecule has 4 aromatic rings. The van der Waals surface area contributed by atoms with Crippen LogP contribution in [0.1, 0.15) is 101 Å². The van der Waals surface area contributed by atoms with Gasteiger partial charge in [0, 0.05) is 28.0 Å². The molecular weight excluding hydrogens is 560 g/mol. The maximum Gasteiger partial charge on any atom is 0.0871 e. The third-order valence-corrected chi connectivity index (χ3v) is 10.2. The van der Waals surface area contributed by atoms with Crippen LogP contribution in [0.3, 0.4) is 0 Å². The van der Waals surface area contributed by atoms with E-state index in [-0.39, 0.29) is 11.3 Å². The van der Waals surface area contributed by atoms with Gasteiger partial charge in [0.05, 0.1) is 23.9 Å². The number of aliphatic hydroxyl groups excluding tert-OH is 1. The van der Waals surface area contributed by atoms with Gasteiger partial charge in [-0.25, -0.2) is 0 Å². The zero-order valence-electron chi connectivity index (χ0n) is 28.6. The second-order valence-electron chi connectivity index (χ2n) is 13.9. The maximum absolute atomic E-state index is 12.4. The number of anilines is 1. The molecule has 3 heteroatoms. The summed E-state index contributed by atoms with van der Waals surface area (Å²) in [5, 5.41) is 17.2. The molecule has 2 aliphatic rings. The lowest BCUT2D eigenvalue weighted by molar-refractivity contribution is 0.149. The summed E-state index contributed by atoms with van der Waals surface area (Å²) >= 11 is 0. The van der Waals surface area contributed by atoms with Gasteiger partial charge in [0.1, 0.15) is 0 Å². The Labute approximate surface area is 275 Å². The van der Waals surface area contributed by atoms with E-state index in [1.165, 1.54) is 39.1 Å². The molecule has 1 heterocycles. The van der Waals surface area contributed by atoms with Crippen LogP contribution in [0.2, 0.25) is 0 Å². The molecule has 3 aromatic carbocycles. The molecule has 0 saturated heterocycles. The van der Waals surface area contributed by atoms with E-state index in [0.29, 0.717) is 18.4 Å². The van der Waals surface area contributed by atoms with Crippen LogP contribution in [0.4, 0.5) is 5.69 Å². The lowest BCUT2D eigenvalue weighted by Gasteiger charge is -2.41. The molecule has 0 saturated carbocycles. The number of aromatic nitrogens is 1. The minimum Gasteiger partial charge on any atom is -0.388 e. The Morgan fingerprint density at radius 1 is 0.870 bits per heavy atom. The Hall–Kier alpha value is -4.21. The number of allylic oxidation sites excluding steroid dienone is 6.